The van der Waals surface area contributed by atoms with Crippen molar-refractivity contribution in [2.75, 3.05) is 4.72 Å². The molecule has 0 bridgehead atoms. The summed E-state index contributed by atoms with van der Waals surface area (Å²) in [6.07, 6.45) is 0. The Morgan fingerprint density at radius 3 is 2.47 bits per heavy atom. The van der Waals surface area contributed by atoms with Crippen molar-refractivity contribution in [3.63, 3.8) is 0 Å². The van der Waals surface area contributed by atoms with Crippen LogP contribution in [-0.2, 0) is 10.0 Å². The van der Waals surface area contributed by atoms with Crippen molar-refractivity contribution < 1.29 is 12.9 Å². The Hall–Kier alpha value is -1.34. The van der Waals surface area contributed by atoms with Crippen molar-refractivity contribution in [2.45, 2.75) is 11.8 Å². The molecule has 0 aliphatic heterocycles. The lowest BCUT2D eigenvalue weighted by Gasteiger charge is -2.04. The van der Waals surface area contributed by atoms with Crippen molar-refractivity contribution in [3.05, 3.63) is 40.6 Å². The van der Waals surface area contributed by atoms with E-state index in [0.29, 0.717) is 5.76 Å². The number of nitrogens with one attached hydrogen (secondary N) is 1. The molecule has 0 atom stereocenters. The molecule has 0 radical (unpaired) electrons. The number of benzene rings is 1. The molecule has 5 nitrogen and oxygen atoms in total. The molecule has 0 saturated carbocycles. The fourth-order valence-corrected chi connectivity index (χ4v) is 2.47. The molecule has 2 aromatic rings. The maximum absolute atomic E-state index is 11.9. The van der Waals surface area contributed by atoms with E-state index in [0.717, 1.165) is 4.47 Å². The molecular formula is C10H9BrN2O3S. The predicted octanol–water partition coefficient (Wildman–Crippen LogP) is 2.55. The van der Waals surface area contributed by atoms with E-state index in [4.69, 9.17) is 4.52 Å². The molecule has 0 saturated heterocycles. The molecule has 0 amide bonds. The molecule has 0 spiro atoms. The molecule has 90 valence electrons. The summed E-state index contributed by atoms with van der Waals surface area (Å²) in [4.78, 5) is 0.168. The zero-order valence-electron chi connectivity index (χ0n) is 8.84. The van der Waals surface area contributed by atoms with Crippen LogP contribution in [0.2, 0.25) is 0 Å². The van der Waals surface area contributed by atoms with Gasteiger partial charge in [-0.2, -0.15) is 0 Å². The van der Waals surface area contributed by atoms with Gasteiger partial charge in [0.2, 0.25) is 0 Å². The van der Waals surface area contributed by atoms with Gasteiger partial charge in [0.05, 0.1) is 4.90 Å². The first-order chi connectivity index (χ1) is 7.97. The molecule has 17 heavy (non-hydrogen) atoms. The van der Waals surface area contributed by atoms with Crippen molar-refractivity contribution in [3.8, 4) is 0 Å². The molecule has 1 N–H and O–H groups in total. The van der Waals surface area contributed by atoms with Gasteiger partial charge >= 0.3 is 0 Å². The zero-order chi connectivity index (χ0) is 12.5. The lowest BCUT2D eigenvalue weighted by molar-refractivity contribution is 0.400. The van der Waals surface area contributed by atoms with Gasteiger partial charge in [0.25, 0.3) is 10.0 Å². The largest absolute Gasteiger partial charge is 0.360 e. The van der Waals surface area contributed by atoms with Gasteiger partial charge in [-0.1, -0.05) is 21.1 Å². The summed E-state index contributed by atoms with van der Waals surface area (Å²) < 4.78 is 31.7. The molecule has 0 aliphatic rings. The van der Waals surface area contributed by atoms with Crippen LogP contribution in [0.25, 0.3) is 0 Å². The van der Waals surface area contributed by atoms with Crippen LogP contribution in [0, 0.1) is 6.92 Å². The van der Waals surface area contributed by atoms with E-state index < -0.39 is 10.0 Å². The van der Waals surface area contributed by atoms with Gasteiger partial charge in [-0.05, 0) is 31.2 Å². The van der Waals surface area contributed by atoms with Crippen molar-refractivity contribution in [1.29, 1.82) is 0 Å². The van der Waals surface area contributed by atoms with Gasteiger partial charge < -0.3 is 4.52 Å². The summed E-state index contributed by atoms with van der Waals surface area (Å²) in [5, 5.41) is 3.57. The maximum Gasteiger partial charge on any atom is 0.263 e. The minimum atomic E-state index is -3.61. The fraction of sp³-hybridized carbons (Fsp3) is 0.100. The summed E-state index contributed by atoms with van der Waals surface area (Å²) >= 11 is 3.24. The van der Waals surface area contributed by atoms with E-state index in [1.54, 1.807) is 19.1 Å². The van der Waals surface area contributed by atoms with Crippen LogP contribution in [0.15, 0.2) is 44.2 Å². The Morgan fingerprint density at radius 1 is 1.29 bits per heavy atom. The average Bonchev–Trinajstić information content (AvgIpc) is 2.63. The number of anilines is 1. The molecule has 0 unspecified atom stereocenters. The van der Waals surface area contributed by atoms with Crippen LogP contribution >= 0.6 is 15.9 Å². The Bertz CT molecular complexity index is 619. The highest BCUT2D eigenvalue weighted by Crippen LogP contribution is 2.18. The first-order valence-electron chi connectivity index (χ1n) is 4.69. The second kappa shape index (κ2) is 4.50. The third-order valence-electron chi connectivity index (χ3n) is 1.99. The van der Waals surface area contributed by atoms with E-state index in [-0.39, 0.29) is 10.7 Å². The van der Waals surface area contributed by atoms with Crippen molar-refractivity contribution >= 4 is 31.8 Å². The topological polar surface area (TPSA) is 72.2 Å². The number of aryl methyl sites for hydroxylation is 1. The standard InChI is InChI=1S/C10H9BrN2O3S/c1-7-6-10(12-16-7)13-17(14,15)9-4-2-8(11)3-5-9/h2-6H,1H3,(H,12,13). The van der Waals surface area contributed by atoms with Gasteiger partial charge in [0.1, 0.15) is 5.76 Å². The van der Waals surface area contributed by atoms with Crippen LogP contribution in [0.1, 0.15) is 5.76 Å². The number of aromatic nitrogens is 1. The Kier molecular flexibility index (Phi) is 3.21. The van der Waals surface area contributed by atoms with Gasteiger partial charge in [0, 0.05) is 10.5 Å². The van der Waals surface area contributed by atoms with E-state index in [1.807, 2.05) is 0 Å². The third kappa shape index (κ3) is 2.86. The van der Waals surface area contributed by atoms with Gasteiger partial charge in [-0.25, -0.2) is 8.42 Å². The van der Waals surface area contributed by atoms with E-state index in [2.05, 4.69) is 25.8 Å². The SMILES string of the molecule is Cc1cc(NS(=O)(=O)c2ccc(Br)cc2)no1. The Labute approximate surface area is 107 Å². The first kappa shape index (κ1) is 12.1. The summed E-state index contributed by atoms with van der Waals surface area (Å²) in [5.41, 5.74) is 0. The smallest absolute Gasteiger partial charge is 0.263 e. The fourth-order valence-electron chi connectivity index (χ4n) is 1.22. The summed E-state index contributed by atoms with van der Waals surface area (Å²) in [6.45, 7) is 1.68. The van der Waals surface area contributed by atoms with Crippen LogP contribution < -0.4 is 4.72 Å². The molecule has 7 heteroatoms. The van der Waals surface area contributed by atoms with E-state index in [9.17, 15) is 8.42 Å². The monoisotopic (exact) mass is 316 g/mol. The average molecular weight is 317 g/mol. The number of rotatable bonds is 3. The molecular weight excluding hydrogens is 308 g/mol. The molecule has 1 aromatic carbocycles. The normalized spacial score (nSPS) is 11.4. The molecule has 2 rings (SSSR count). The number of halogens is 1. The number of hydrogen-bond donors (Lipinski definition) is 1. The second-order valence-electron chi connectivity index (χ2n) is 3.38. The van der Waals surface area contributed by atoms with E-state index >= 15 is 0 Å². The lowest BCUT2D eigenvalue weighted by Crippen LogP contribution is -2.12. The molecule has 0 aliphatic carbocycles. The van der Waals surface area contributed by atoms with Gasteiger partial charge in [-0.15, -0.1) is 0 Å². The summed E-state index contributed by atoms with van der Waals surface area (Å²) in [5.74, 6) is 0.712. The van der Waals surface area contributed by atoms with Crippen molar-refractivity contribution in [1.82, 2.24) is 5.16 Å². The highest BCUT2D eigenvalue weighted by atomic mass is 79.9. The third-order valence-corrected chi connectivity index (χ3v) is 3.89. The Balaban J connectivity index is 2.28. The zero-order valence-corrected chi connectivity index (χ0v) is 11.2. The minimum Gasteiger partial charge on any atom is -0.360 e. The highest BCUT2D eigenvalue weighted by molar-refractivity contribution is 9.10. The van der Waals surface area contributed by atoms with Gasteiger partial charge in [-0.3, -0.25) is 4.72 Å². The predicted molar refractivity (Wildman–Crippen MR) is 66.2 cm³/mol. The Morgan fingerprint density at radius 2 is 1.94 bits per heavy atom. The molecule has 0 fully saturated rings. The lowest BCUT2D eigenvalue weighted by atomic mass is 10.4. The van der Waals surface area contributed by atoms with Crippen molar-refractivity contribution in [2.24, 2.45) is 0 Å². The number of sulfonamides is 1. The van der Waals surface area contributed by atoms with Crippen LogP contribution in [0.4, 0.5) is 5.82 Å². The quantitative estimate of drug-likeness (QED) is 0.944. The summed E-state index contributed by atoms with van der Waals surface area (Å²) in [7, 11) is -3.61. The molecule has 1 aromatic heterocycles. The minimum absolute atomic E-state index is 0.168. The number of hydrogen-bond acceptors (Lipinski definition) is 4. The van der Waals surface area contributed by atoms with E-state index in [1.165, 1.54) is 18.2 Å². The highest BCUT2D eigenvalue weighted by Gasteiger charge is 2.15. The molecule has 1 heterocycles. The van der Waals surface area contributed by atoms with Gasteiger partial charge in [0.15, 0.2) is 5.82 Å². The van der Waals surface area contributed by atoms with Crippen LogP contribution in [-0.4, -0.2) is 13.6 Å². The van der Waals surface area contributed by atoms with Crippen LogP contribution in [0.5, 0.6) is 0 Å². The first-order valence-corrected chi connectivity index (χ1v) is 6.97. The second-order valence-corrected chi connectivity index (χ2v) is 5.98. The van der Waals surface area contributed by atoms with Crippen LogP contribution in [0.3, 0.4) is 0 Å². The number of nitrogens with zero attached hydrogens (tertiary/aromatic N) is 1. The maximum atomic E-state index is 11.9. The summed E-state index contributed by atoms with van der Waals surface area (Å²) in [6, 6.07) is 7.82.